The molecular formula is C14H14O4. The molecule has 1 aliphatic rings. The molecule has 94 valence electrons. The number of hydrogen-bond donors (Lipinski definition) is 1. The van der Waals surface area contributed by atoms with Crippen molar-refractivity contribution in [1.82, 2.24) is 0 Å². The summed E-state index contributed by atoms with van der Waals surface area (Å²) in [6.45, 7) is 0.175. The van der Waals surface area contributed by atoms with Crippen molar-refractivity contribution in [1.29, 1.82) is 0 Å². The molecule has 4 heteroatoms. The molecular weight excluding hydrogens is 232 g/mol. The molecule has 0 saturated carbocycles. The topological polar surface area (TPSA) is 55.8 Å². The van der Waals surface area contributed by atoms with Crippen LogP contribution < -0.4 is 0 Å². The molecule has 0 aliphatic carbocycles. The maximum Gasteiger partial charge on any atom is 0.338 e. The fraction of sp³-hybridized carbons (Fsp3) is 0.357. The van der Waals surface area contributed by atoms with E-state index in [0.717, 1.165) is 0 Å². The SMILES string of the molecule is C#C[C@]1(O)CO[C@H](COC(=O)c2ccccc2)C1. The molecule has 0 spiro atoms. The van der Waals surface area contributed by atoms with Crippen LogP contribution in [0.25, 0.3) is 0 Å². The van der Waals surface area contributed by atoms with Crippen LogP contribution in [-0.2, 0) is 9.47 Å². The summed E-state index contributed by atoms with van der Waals surface area (Å²) in [5.74, 6) is 1.87. The van der Waals surface area contributed by atoms with Crippen LogP contribution in [-0.4, -0.2) is 36.0 Å². The number of terminal acetylenes is 1. The molecule has 0 amide bonds. The number of esters is 1. The Labute approximate surface area is 106 Å². The van der Waals surface area contributed by atoms with Gasteiger partial charge in [-0.15, -0.1) is 6.42 Å². The van der Waals surface area contributed by atoms with E-state index >= 15 is 0 Å². The first-order valence-electron chi connectivity index (χ1n) is 5.67. The standard InChI is InChI=1S/C14H14O4/c1-2-14(16)8-12(18-10-14)9-17-13(15)11-6-4-3-5-7-11/h1,3-7,12,16H,8-10H2/t12-,14+/m0/s1. The number of hydrogen-bond acceptors (Lipinski definition) is 4. The second-order valence-electron chi connectivity index (χ2n) is 4.28. The van der Waals surface area contributed by atoms with E-state index in [1.807, 2.05) is 6.07 Å². The fourth-order valence-corrected chi connectivity index (χ4v) is 1.78. The van der Waals surface area contributed by atoms with E-state index in [0.29, 0.717) is 5.56 Å². The molecule has 0 radical (unpaired) electrons. The lowest BCUT2D eigenvalue weighted by molar-refractivity contribution is 0.0127. The van der Waals surface area contributed by atoms with Crippen molar-refractivity contribution in [3.63, 3.8) is 0 Å². The predicted octanol–water partition coefficient (Wildman–Crippen LogP) is 0.997. The molecule has 2 rings (SSSR count). The molecule has 2 atom stereocenters. The van der Waals surface area contributed by atoms with Gasteiger partial charge >= 0.3 is 5.97 Å². The minimum Gasteiger partial charge on any atom is -0.459 e. The summed E-state index contributed by atoms with van der Waals surface area (Å²) >= 11 is 0. The Morgan fingerprint density at radius 3 is 2.89 bits per heavy atom. The van der Waals surface area contributed by atoms with Crippen molar-refractivity contribution >= 4 is 5.97 Å². The monoisotopic (exact) mass is 246 g/mol. The molecule has 1 fully saturated rings. The van der Waals surface area contributed by atoms with Crippen molar-refractivity contribution in [3.8, 4) is 12.3 Å². The van der Waals surface area contributed by atoms with Crippen LogP contribution in [0, 0.1) is 12.3 Å². The number of carbonyl (C=O) groups excluding carboxylic acids is 1. The number of aliphatic hydroxyl groups is 1. The summed E-state index contributed by atoms with van der Waals surface area (Å²) in [4.78, 5) is 11.7. The van der Waals surface area contributed by atoms with Gasteiger partial charge in [-0.25, -0.2) is 4.79 Å². The van der Waals surface area contributed by atoms with Crippen LogP contribution in [0.4, 0.5) is 0 Å². The number of rotatable bonds is 3. The Kier molecular flexibility index (Phi) is 3.66. The van der Waals surface area contributed by atoms with Gasteiger partial charge in [0, 0.05) is 6.42 Å². The van der Waals surface area contributed by atoms with Gasteiger partial charge < -0.3 is 14.6 Å². The average Bonchev–Trinajstić information content (AvgIpc) is 2.80. The van der Waals surface area contributed by atoms with Gasteiger partial charge in [0.2, 0.25) is 0 Å². The minimum atomic E-state index is -1.23. The maximum atomic E-state index is 11.7. The Hall–Kier alpha value is -1.83. The summed E-state index contributed by atoms with van der Waals surface area (Å²) < 4.78 is 10.4. The van der Waals surface area contributed by atoms with Crippen molar-refractivity contribution in [2.45, 2.75) is 18.1 Å². The van der Waals surface area contributed by atoms with Gasteiger partial charge in [-0.2, -0.15) is 0 Å². The van der Waals surface area contributed by atoms with Gasteiger partial charge in [-0.3, -0.25) is 0 Å². The van der Waals surface area contributed by atoms with Gasteiger partial charge in [-0.05, 0) is 12.1 Å². The van der Waals surface area contributed by atoms with Gasteiger partial charge in [0.05, 0.1) is 18.3 Å². The second kappa shape index (κ2) is 5.21. The lowest BCUT2D eigenvalue weighted by Gasteiger charge is -2.12. The highest BCUT2D eigenvalue weighted by Crippen LogP contribution is 2.23. The Morgan fingerprint density at radius 1 is 1.56 bits per heavy atom. The molecule has 1 saturated heterocycles. The maximum absolute atomic E-state index is 11.7. The average molecular weight is 246 g/mol. The molecule has 1 N–H and O–H groups in total. The zero-order valence-electron chi connectivity index (χ0n) is 9.83. The van der Waals surface area contributed by atoms with Crippen LogP contribution in [0.3, 0.4) is 0 Å². The molecule has 1 aromatic rings. The predicted molar refractivity (Wildman–Crippen MR) is 64.9 cm³/mol. The zero-order valence-corrected chi connectivity index (χ0v) is 9.83. The number of benzene rings is 1. The van der Waals surface area contributed by atoms with Crippen LogP contribution in [0.15, 0.2) is 30.3 Å². The van der Waals surface area contributed by atoms with Crippen molar-refractivity contribution in [2.24, 2.45) is 0 Å². The molecule has 0 unspecified atom stereocenters. The van der Waals surface area contributed by atoms with Crippen LogP contribution in [0.5, 0.6) is 0 Å². The Morgan fingerprint density at radius 2 is 2.28 bits per heavy atom. The molecule has 4 nitrogen and oxygen atoms in total. The van der Waals surface area contributed by atoms with E-state index in [9.17, 15) is 9.90 Å². The van der Waals surface area contributed by atoms with Crippen LogP contribution >= 0.6 is 0 Å². The second-order valence-corrected chi connectivity index (χ2v) is 4.28. The molecule has 0 aromatic heterocycles. The van der Waals surface area contributed by atoms with Crippen LogP contribution in [0.2, 0.25) is 0 Å². The molecule has 0 bridgehead atoms. The van der Waals surface area contributed by atoms with E-state index in [1.54, 1.807) is 24.3 Å². The lowest BCUT2D eigenvalue weighted by atomic mass is 10.0. The highest BCUT2D eigenvalue weighted by molar-refractivity contribution is 5.89. The smallest absolute Gasteiger partial charge is 0.338 e. The van der Waals surface area contributed by atoms with Crippen molar-refractivity contribution in [2.75, 3.05) is 13.2 Å². The van der Waals surface area contributed by atoms with E-state index in [4.69, 9.17) is 15.9 Å². The fourth-order valence-electron chi connectivity index (χ4n) is 1.78. The third kappa shape index (κ3) is 2.89. The minimum absolute atomic E-state index is 0.0804. The summed E-state index contributed by atoms with van der Waals surface area (Å²) in [6, 6.07) is 8.70. The Bertz CT molecular complexity index is 462. The van der Waals surface area contributed by atoms with E-state index in [-0.39, 0.29) is 25.7 Å². The highest BCUT2D eigenvalue weighted by atomic mass is 16.6. The first-order valence-corrected chi connectivity index (χ1v) is 5.67. The summed E-state index contributed by atoms with van der Waals surface area (Å²) in [7, 11) is 0. The van der Waals surface area contributed by atoms with Gasteiger partial charge in [-0.1, -0.05) is 24.1 Å². The largest absolute Gasteiger partial charge is 0.459 e. The number of ether oxygens (including phenoxy) is 2. The van der Waals surface area contributed by atoms with Crippen molar-refractivity contribution in [3.05, 3.63) is 35.9 Å². The third-order valence-electron chi connectivity index (χ3n) is 2.80. The van der Waals surface area contributed by atoms with Gasteiger partial charge in [0.15, 0.2) is 5.60 Å². The molecule has 1 heterocycles. The number of carbonyl (C=O) groups is 1. The quantitative estimate of drug-likeness (QED) is 0.638. The summed E-state index contributed by atoms with van der Waals surface area (Å²) in [6.07, 6.45) is 5.12. The normalized spacial score (nSPS) is 26.6. The molecule has 1 aliphatic heterocycles. The molecule has 18 heavy (non-hydrogen) atoms. The van der Waals surface area contributed by atoms with Gasteiger partial charge in [0.1, 0.15) is 6.61 Å². The third-order valence-corrected chi connectivity index (χ3v) is 2.80. The van der Waals surface area contributed by atoms with E-state index in [2.05, 4.69) is 5.92 Å². The highest BCUT2D eigenvalue weighted by Gasteiger charge is 2.37. The van der Waals surface area contributed by atoms with E-state index < -0.39 is 11.6 Å². The summed E-state index contributed by atoms with van der Waals surface area (Å²) in [5, 5.41) is 9.75. The first-order chi connectivity index (χ1) is 8.63. The lowest BCUT2D eigenvalue weighted by Crippen LogP contribution is -2.27. The van der Waals surface area contributed by atoms with Crippen LogP contribution in [0.1, 0.15) is 16.8 Å². The Balaban J connectivity index is 1.84. The van der Waals surface area contributed by atoms with Gasteiger partial charge in [0.25, 0.3) is 0 Å². The van der Waals surface area contributed by atoms with E-state index in [1.165, 1.54) is 0 Å². The van der Waals surface area contributed by atoms with Crippen molar-refractivity contribution < 1.29 is 19.4 Å². The zero-order chi connectivity index (χ0) is 13.0. The first kappa shape index (κ1) is 12.6. The molecule has 1 aromatic carbocycles. The summed E-state index contributed by atoms with van der Waals surface area (Å²) in [5.41, 5.74) is -0.744.